The SMILES string of the molecule is Cc1c(F)c(F)c(OC(=O)CCCC(=O)OCCCCC(=O)CI)c(F)c1F. The van der Waals surface area contributed by atoms with Crippen LogP contribution in [0.2, 0.25) is 0 Å². The van der Waals surface area contributed by atoms with E-state index in [9.17, 15) is 31.9 Å². The maximum absolute atomic E-state index is 13.6. The van der Waals surface area contributed by atoms with Crippen molar-refractivity contribution in [2.75, 3.05) is 11.0 Å². The number of ether oxygens (including phenoxy) is 2. The quantitative estimate of drug-likeness (QED) is 0.0830. The van der Waals surface area contributed by atoms with Gasteiger partial charge in [0.25, 0.3) is 0 Å². The molecule has 0 saturated carbocycles. The Kier molecular flexibility index (Phi) is 10.4. The largest absolute Gasteiger partial charge is 0.466 e. The molecule has 1 aromatic rings. The lowest BCUT2D eigenvalue weighted by molar-refractivity contribution is -0.144. The van der Waals surface area contributed by atoms with E-state index in [2.05, 4.69) is 4.74 Å². The molecule has 0 N–H and O–H groups in total. The molecule has 0 unspecified atom stereocenters. The molecule has 0 heterocycles. The zero-order valence-electron chi connectivity index (χ0n) is 15.1. The zero-order valence-corrected chi connectivity index (χ0v) is 17.2. The highest BCUT2D eigenvalue weighted by atomic mass is 127. The molecule has 0 bridgehead atoms. The fourth-order valence-corrected chi connectivity index (χ4v) is 2.48. The fourth-order valence-electron chi connectivity index (χ4n) is 2.10. The number of rotatable bonds is 11. The van der Waals surface area contributed by atoms with Gasteiger partial charge in [0.15, 0.2) is 11.6 Å². The third-order valence-electron chi connectivity index (χ3n) is 3.68. The Hall–Kier alpha value is -1.72. The molecular weight excluding hydrogens is 499 g/mol. The summed E-state index contributed by atoms with van der Waals surface area (Å²) >= 11 is 1.97. The molecule has 0 aliphatic heterocycles. The molecule has 0 aliphatic rings. The second kappa shape index (κ2) is 12.0. The number of ketones is 1. The van der Waals surface area contributed by atoms with E-state index in [0.717, 1.165) is 6.92 Å². The minimum Gasteiger partial charge on any atom is -0.466 e. The van der Waals surface area contributed by atoms with Gasteiger partial charge in [0, 0.05) is 24.8 Å². The Bertz CT molecular complexity index is 710. The van der Waals surface area contributed by atoms with Gasteiger partial charge in [-0.3, -0.25) is 14.4 Å². The van der Waals surface area contributed by atoms with Crippen LogP contribution in [0.4, 0.5) is 17.6 Å². The molecular formula is C18H19F4IO5. The summed E-state index contributed by atoms with van der Waals surface area (Å²) in [7, 11) is 0. The van der Waals surface area contributed by atoms with E-state index in [1.54, 1.807) is 0 Å². The molecule has 5 nitrogen and oxygen atoms in total. The molecule has 0 saturated heterocycles. The van der Waals surface area contributed by atoms with E-state index in [-0.39, 0.29) is 25.2 Å². The van der Waals surface area contributed by atoms with E-state index in [1.165, 1.54) is 0 Å². The Morgan fingerprint density at radius 1 is 0.821 bits per heavy atom. The maximum Gasteiger partial charge on any atom is 0.311 e. The van der Waals surface area contributed by atoms with Gasteiger partial charge in [-0.15, -0.1) is 0 Å². The first-order valence-electron chi connectivity index (χ1n) is 8.45. The number of hydrogen-bond donors (Lipinski definition) is 0. The second-order valence-electron chi connectivity index (χ2n) is 5.89. The summed E-state index contributed by atoms with van der Waals surface area (Å²) in [5.74, 6) is -9.96. The third-order valence-corrected chi connectivity index (χ3v) is 4.53. The number of alkyl halides is 1. The Morgan fingerprint density at radius 3 is 1.96 bits per heavy atom. The number of unbranched alkanes of at least 4 members (excludes halogenated alkanes) is 1. The van der Waals surface area contributed by atoms with Crippen molar-refractivity contribution in [1.82, 2.24) is 0 Å². The Morgan fingerprint density at radius 2 is 1.39 bits per heavy atom. The predicted octanol–water partition coefficient (Wildman–Crippen LogP) is 4.34. The molecule has 0 atom stereocenters. The molecule has 1 rings (SSSR count). The molecule has 0 fully saturated rings. The highest BCUT2D eigenvalue weighted by Gasteiger charge is 2.26. The predicted molar refractivity (Wildman–Crippen MR) is 99.2 cm³/mol. The Balaban J connectivity index is 2.36. The first-order chi connectivity index (χ1) is 13.2. The van der Waals surface area contributed by atoms with Crippen molar-refractivity contribution < 1.29 is 41.4 Å². The molecule has 0 aliphatic carbocycles. The van der Waals surface area contributed by atoms with Crippen LogP contribution < -0.4 is 4.74 Å². The summed E-state index contributed by atoms with van der Waals surface area (Å²) in [6.07, 6.45) is 0.949. The van der Waals surface area contributed by atoms with Crippen LogP contribution in [-0.4, -0.2) is 28.8 Å². The number of hydrogen-bond acceptors (Lipinski definition) is 5. The Labute approximate surface area is 172 Å². The lowest BCUT2D eigenvalue weighted by Gasteiger charge is -2.10. The number of carbonyl (C=O) groups excluding carboxylic acids is 3. The van der Waals surface area contributed by atoms with Gasteiger partial charge < -0.3 is 9.47 Å². The monoisotopic (exact) mass is 518 g/mol. The van der Waals surface area contributed by atoms with E-state index >= 15 is 0 Å². The standard InChI is InChI=1S/C18H19F4IO5/c1-10-14(19)16(21)18(17(22)15(10)20)28-13(26)7-4-6-12(25)27-8-3-2-5-11(24)9-23/h2-9H2,1H3. The van der Waals surface area contributed by atoms with Crippen molar-refractivity contribution in [2.24, 2.45) is 0 Å². The fraction of sp³-hybridized carbons (Fsp3) is 0.500. The number of esters is 2. The van der Waals surface area contributed by atoms with Crippen LogP contribution in [0.25, 0.3) is 0 Å². The number of Topliss-reactive ketones (excluding diaryl/α,β-unsaturated/α-hetero) is 1. The third kappa shape index (κ3) is 7.36. The van der Waals surface area contributed by atoms with Crippen LogP contribution in [-0.2, 0) is 19.1 Å². The van der Waals surface area contributed by atoms with Gasteiger partial charge in [-0.25, -0.2) is 8.78 Å². The van der Waals surface area contributed by atoms with Crippen LogP contribution in [0.5, 0.6) is 5.75 Å². The van der Waals surface area contributed by atoms with Crippen LogP contribution in [0, 0.1) is 30.2 Å². The summed E-state index contributed by atoms with van der Waals surface area (Å²) < 4.78 is 63.8. The minimum atomic E-state index is -1.80. The first kappa shape index (κ1) is 24.3. The normalized spacial score (nSPS) is 10.6. The van der Waals surface area contributed by atoms with E-state index in [0.29, 0.717) is 23.7 Å². The van der Waals surface area contributed by atoms with Gasteiger partial charge in [0.2, 0.25) is 17.4 Å². The average molecular weight is 518 g/mol. The molecule has 156 valence electrons. The van der Waals surface area contributed by atoms with Gasteiger partial charge in [-0.2, -0.15) is 8.78 Å². The van der Waals surface area contributed by atoms with Crippen molar-refractivity contribution >= 4 is 40.3 Å². The number of halogens is 5. The van der Waals surface area contributed by atoms with E-state index in [1.807, 2.05) is 22.6 Å². The topological polar surface area (TPSA) is 69.7 Å². The van der Waals surface area contributed by atoms with Gasteiger partial charge in [-0.05, 0) is 26.2 Å². The molecule has 0 amide bonds. The molecule has 0 spiro atoms. The summed E-state index contributed by atoms with van der Waals surface area (Å²) in [5.41, 5.74) is -0.865. The maximum atomic E-state index is 13.6. The van der Waals surface area contributed by atoms with Crippen molar-refractivity contribution in [1.29, 1.82) is 0 Å². The summed E-state index contributed by atoms with van der Waals surface area (Å²) in [5, 5.41) is 0. The zero-order chi connectivity index (χ0) is 21.3. The lowest BCUT2D eigenvalue weighted by atomic mass is 10.2. The van der Waals surface area contributed by atoms with Gasteiger partial charge in [0.1, 0.15) is 5.78 Å². The molecule has 0 aromatic heterocycles. The van der Waals surface area contributed by atoms with Crippen LogP contribution in [0.3, 0.4) is 0 Å². The summed E-state index contributed by atoms with van der Waals surface area (Å²) in [4.78, 5) is 34.2. The highest BCUT2D eigenvalue weighted by Crippen LogP contribution is 2.29. The van der Waals surface area contributed by atoms with E-state index in [4.69, 9.17) is 4.74 Å². The van der Waals surface area contributed by atoms with Crippen LogP contribution in [0.15, 0.2) is 0 Å². The average Bonchev–Trinajstić information content (AvgIpc) is 2.67. The van der Waals surface area contributed by atoms with Gasteiger partial charge >= 0.3 is 11.9 Å². The van der Waals surface area contributed by atoms with Crippen molar-refractivity contribution in [3.8, 4) is 5.75 Å². The molecule has 0 radical (unpaired) electrons. The van der Waals surface area contributed by atoms with Crippen molar-refractivity contribution in [3.63, 3.8) is 0 Å². The number of benzene rings is 1. The second-order valence-corrected chi connectivity index (χ2v) is 6.65. The first-order valence-corrected chi connectivity index (χ1v) is 9.98. The molecule has 1 aromatic carbocycles. The summed E-state index contributed by atoms with van der Waals surface area (Å²) in [6.45, 7) is 0.978. The molecule has 10 heteroatoms. The van der Waals surface area contributed by atoms with Crippen molar-refractivity contribution in [2.45, 2.75) is 45.4 Å². The smallest absolute Gasteiger partial charge is 0.311 e. The van der Waals surface area contributed by atoms with Gasteiger partial charge in [-0.1, -0.05) is 22.6 Å². The molecule has 28 heavy (non-hydrogen) atoms. The van der Waals surface area contributed by atoms with Gasteiger partial charge in [0.05, 0.1) is 11.0 Å². The van der Waals surface area contributed by atoms with Crippen molar-refractivity contribution in [3.05, 3.63) is 28.8 Å². The van der Waals surface area contributed by atoms with Crippen LogP contribution in [0.1, 0.15) is 44.1 Å². The van der Waals surface area contributed by atoms with Crippen LogP contribution >= 0.6 is 22.6 Å². The van der Waals surface area contributed by atoms with E-state index < -0.39 is 52.9 Å². The highest BCUT2D eigenvalue weighted by molar-refractivity contribution is 14.1. The number of carbonyl (C=O) groups is 3. The lowest BCUT2D eigenvalue weighted by Crippen LogP contribution is -2.14. The summed E-state index contributed by atoms with van der Waals surface area (Å²) in [6, 6.07) is 0. The minimum absolute atomic E-state index is 0.0367.